The highest BCUT2D eigenvalue weighted by Gasteiger charge is 2.43. The van der Waals surface area contributed by atoms with Gasteiger partial charge in [0.25, 0.3) is 0 Å². The summed E-state index contributed by atoms with van der Waals surface area (Å²) in [5.74, 6) is 0.505. The zero-order valence-electron chi connectivity index (χ0n) is 8.34. The summed E-state index contributed by atoms with van der Waals surface area (Å²) in [6.07, 6.45) is 1.64. The highest BCUT2D eigenvalue weighted by Crippen LogP contribution is 2.38. The molecule has 0 amide bonds. The lowest BCUT2D eigenvalue weighted by atomic mass is 10.00. The molecule has 1 aliphatic heterocycles. The van der Waals surface area contributed by atoms with Gasteiger partial charge in [0, 0.05) is 11.5 Å². The summed E-state index contributed by atoms with van der Waals surface area (Å²) in [4.78, 5) is 5.29. The van der Waals surface area contributed by atoms with E-state index in [-0.39, 0.29) is 6.10 Å². The molecule has 3 heteroatoms. The van der Waals surface area contributed by atoms with Crippen molar-refractivity contribution >= 4 is 5.71 Å². The monoisotopic (exact) mass is 203 g/mol. The first-order valence-corrected chi connectivity index (χ1v) is 5.33. The number of oxime groups is 1. The molecule has 0 unspecified atom stereocenters. The SMILES string of the molecule is O[C@@H]1C(c2ccccc2)=NO[C@H]1C1CC1. The van der Waals surface area contributed by atoms with E-state index in [2.05, 4.69) is 5.16 Å². The van der Waals surface area contributed by atoms with Gasteiger partial charge in [0.2, 0.25) is 0 Å². The number of nitrogens with zero attached hydrogens (tertiary/aromatic N) is 1. The van der Waals surface area contributed by atoms with Gasteiger partial charge < -0.3 is 9.94 Å². The Hall–Kier alpha value is -1.35. The molecule has 0 bridgehead atoms. The summed E-state index contributed by atoms with van der Waals surface area (Å²) < 4.78 is 0. The fourth-order valence-corrected chi connectivity index (χ4v) is 1.99. The second-order valence-electron chi connectivity index (χ2n) is 4.19. The third-order valence-electron chi connectivity index (χ3n) is 3.02. The Balaban J connectivity index is 1.83. The third kappa shape index (κ3) is 1.53. The van der Waals surface area contributed by atoms with Crippen molar-refractivity contribution in [1.29, 1.82) is 0 Å². The van der Waals surface area contributed by atoms with E-state index >= 15 is 0 Å². The maximum atomic E-state index is 10.1. The predicted molar refractivity (Wildman–Crippen MR) is 56.6 cm³/mol. The van der Waals surface area contributed by atoms with E-state index < -0.39 is 6.10 Å². The third-order valence-corrected chi connectivity index (χ3v) is 3.02. The van der Waals surface area contributed by atoms with Gasteiger partial charge in [0.1, 0.15) is 11.8 Å². The Morgan fingerprint density at radius 3 is 2.60 bits per heavy atom. The molecular weight excluding hydrogens is 190 g/mol. The first kappa shape index (κ1) is 8.92. The number of aliphatic hydroxyl groups excluding tert-OH is 1. The van der Waals surface area contributed by atoms with Gasteiger partial charge in [0.15, 0.2) is 6.10 Å². The standard InChI is InChI=1S/C12H13NO2/c14-11-10(8-4-2-1-3-5-8)13-15-12(11)9-6-7-9/h1-5,9,11-12,14H,6-7H2/t11-,12+/m1/s1. The predicted octanol–water partition coefficient (Wildman–Crippen LogP) is 1.56. The van der Waals surface area contributed by atoms with Gasteiger partial charge >= 0.3 is 0 Å². The number of benzene rings is 1. The molecule has 1 aromatic carbocycles. The van der Waals surface area contributed by atoms with E-state index in [0.29, 0.717) is 11.6 Å². The average Bonchev–Trinajstić information content (AvgIpc) is 3.04. The molecule has 3 nitrogen and oxygen atoms in total. The van der Waals surface area contributed by atoms with E-state index in [9.17, 15) is 5.11 Å². The Morgan fingerprint density at radius 2 is 1.93 bits per heavy atom. The first-order valence-electron chi connectivity index (χ1n) is 5.33. The zero-order valence-corrected chi connectivity index (χ0v) is 8.34. The topological polar surface area (TPSA) is 41.8 Å². The summed E-state index contributed by atoms with van der Waals surface area (Å²) in [5.41, 5.74) is 1.63. The lowest BCUT2D eigenvalue weighted by molar-refractivity contribution is 0.00767. The van der Waals surface area contributed by atoms with Crippen molar-refractivity contribution in [1.82, 2.24) is 0 Å². The molecule has 1 saturated carbocycles. The van der Waals surface area contributed by atoms with E-state index in [1.54, 1.807) is 0 Å². The molecule has 78 valence electrons. The molecule has 1 fully saturated rings. The highest BCUT2D eigenvalue weighted by atomic mass is 16.7. The van der Waals surface area contributed by atoms with Gasteiger partial charge in [-0.1, -0.05) is 35.5 Å². The van der Waals surface area contributed by atoms with E-state index in [1.807, 2.05) is 30.3 Å². The lowest BCUT2D eigenvalue weighted by Gasteiger charge is -2.12. The Labute approximate surface area is 88.4 Å². The molecule has 0 saturated heterocycles. The van der Waals surface area contributed by atoms with Gasteiger partial charge in [-0.05, 0) is 12.8 Å². The molecule has 0 spiro atoms. The van der Waals surface area contributed by atoms with Crippen molar-refractivity contribution in [3.05, 3.63) is 35.9 Å². The average molecular weight is 203 g/mol. The van der Waals surface area contributed by atoms with Crippen molar-refractivity contribution in [3.63, 3.8) is 0 Å². The van der Waals surface area contributed by atoms with Crippen LogP contribution in [-0.4, -0.2) is 23.0 Å². The molecule has 2 aliphatic rings. The maximum Gasteiger partial charge on any atom is 0.161 e. The molecule has 15 heavy (non-hydrogen) atoms. The molecule has 1 N–H and O–H groups in total. The quantitative estimate of drug-likeness (QED) is 0.792. The van der Waals surface area contributed by atoms with Crippen molar-refractivity contribution < 1.29 is 9.94 Å². The van der Waals surface area contributed by atoms with Crippen molar-refractivity contribution in [2.24, 2.45) is 11.1 Å². The highest BCUT2D eigenvalue weighted by molar-refractivity contribution is 6.04. The van der Waals surface area contributed by atoms with E-state index in [4.69, 9.17) is 4.84 Å². The first-order chi connectivity index (χ1) is 7.36. The van der Waals surface area contributed by atoms with Gasteiger partial charge in [-0.15, -0.1) is 0 Å². The summed E-state index contributed by atoms with van der Waals surface area (Å²) in [5, 5.41) is 14.1. The van der Waals surface area contributed by atoms with Crippen LogP contribution in [0.15, 0.2) is 35.5 Å². The smallest absolute Gasteiger partial charge is 0.161 e. The normalized spacial score (nSPS) is 29.8. The number of hydrogen-bond donors (Lipinski definition) is 1. The van der Waals surface area contributed by atoms with Crippen LogP contribution < -0.4 is 0 Å². The number of hydrogen-bond acceptors (Lipinski definition) is 3. The van der Waals surface area contributed by atoms with Gasteiger partial charge in [-0.2, -0.15) is 0 Å². The molecular formula is C12H13NO2. The minimum Gasteiger partial charge on any atom is -0.389 e. The van der Waals surface area contributed by atoms with Gasteiger partial charge in [-0.3, -0.25) is 0 Å². The maximum absolute atomic E-state index is 10.1. The summed E-state index contributed by atoms with van der Waals surface area (Å²) >= 11 is 0. The Kier molecular flexibility index (Phi) is 1.99. The van der Waals surface area contributed by atoms with Crippen molar-refractivity contribution in [2.45, 2.75) is 25.0 Å². The van der Waals surface area contributed by atoms with Gasteiger partial charge in [-0.25, -0.2) is 0 Å². The van der Waals surface area contributed by atoms with Crippen LogP contribution in [0.5, 0.6) is 0 Å². The van der Waals surface area contributed by atoms with Crippen molar-refractivity contribution in [3.8, 4) is 0 Å². The minimum absolute atomic E-state index is 0.111. The van der Waals surface area contributed by atoms with Crippen LogP contribution in [-0.2, 0) is 4.84 Å². The minimum atomic E-state index is -0.556. The van der Waals surface area contributed by atoms with Crippen LogP contribution in [0, 0.1) is 5.92 Å². The van der Waals surface area contributed by atoms with E-state index in [1.165, 1.54) is 0 Å². The molecule has 0 radical (unpaired) electrons. The summed E-state index contributed by atoms with van der Waals surface area (Å²) in [6, 6.07) is 9.72. The summed E-state index contributed by atoms with van der Waals surface area (Å²) in [7, 11) is 0. The van der Waals surface area contributed by atoms with Gasteiger partial charge in [0.05, 0.1) is 0 Å². The van der Waals surface area contributed by atoms with Crippen LogP contribution in [0.2, 0.25) is 0 Å². The molecule has 1 aliphatic carbocycles. The van der Waals surface area contributed by atoms with Crippen LogP contribution in [0.1, 0.15) is 18.4 Å². The molecule has 1 aromatic rings. The van der Waals surface area contributed by atoms with E-state index in [0.717, 1.165) is 18.4 Å². The largest absolute Gasteiger partial charge is 0.389 e. The Bertz CT molecular complexity index is 384. The number of rotatable bonds is 2. The van der Waals surface area contributed by atoms with Crippen LogP contribution in [0.25, 0.3) is 0 Å². The lowest BCUT2D eigenvalue weighted by Crippen LogP contribution is -2.31. The number of aliphatic hydroxyl groups is 1. The van der Waals surface area contributed by atoms with Crippen LogP contribution >= 0.6 is 0 Å². The fraction of sp³-hybridized carbons (Fsp3) is 0.417. The van der Waals surface area contributed by atoms with Crippen molar-refractivity contribution in [2.75, 3.05) is 0 Å². The second-order valence-corrected chi connectivity index (χ2v) is 4.19. The second kappa shape index (κ2) is 3.35. The Morgan fingerprint density at radius 1 is 1.20 bits per heavy atom. The van der Waals surface area contributed by atoms with Crippen LogP contribution in [0.4, 0.5) is 0 Å². The molecule has 1 heterocycles. The molecule has 2 atom stereocenters. The molecule has 3 rings (SSSR count). The fourth-order valence-electron chi connectivity index (χ4n) is 1.99. The summed E-state index contributed by atoms with van der Waals surface area (Å²) in [6.45, 7) is 0. The zero-order chi connectivity index (χ0) is 10.3. The molecule has 0 aromatic heterocycles. The van der Waals surface area contributed by atoms with Crippen LogP contribution in [0.3, 0.4) is 0 Å².